The van der Waals surface area contributed by atoms with Gasteiger partial charge in [0.1, 0.15) is 0 Å². The lowest BCUT2D eigenvalue weighted by Gasteiger charge is -2.21. The average Bonchev–Trinajstić information content (AvgIpc) is 2.89. The number of likely N-dealkylation sites (tertiary alicyclic amines) is 1. The fraction of sp³-hybridized carbons (Fsp3) is 0.467. The molecule has 1 atom stereocenters. The maximum absolute atomic E-state index is 12.2. The van der Waals surface area contributed by atoms with E-state index in [1.165, 1.54) is 11.0 Å². The van der Waals surface area contributed by atoms with E-state index in [9.17, 15) is 9.59 Å². The second-order valence-corrected chi connectivity index (χ2v) is 5.48. The highest BCUT2D eigenvalue weighted by molar-refractivity contribution is 6.01. The molecule has 0 aromatic heterocycles. The van der Waals surface area contributed by atoms with Crippen LogP contribution in [-0.2, 0) is 0 Å². The number of hydrogen-bond acceptors (Lipinski definition) is 3. The normalized spacial score (nSPS) is 18.5. The zero-order valence-electron chi connectivity index (χ0n) is 12.4. The quantitative estimate of drug-likeness (QED) is 0.881. The standard InChI is InChI=1S/C15H21N3O3/c1-17-8-7-11(10-17)9-16-15(21)18(2)13-6-4-3-5-12(13)14(19)20/h3-6,11H,7-10H2,1-2H3,(H,16,21)(H,19,20). The summed E-state index contributed by atoms with van der Waals surface area (Å²) in [7, 11) is 3.65. The van der Waals surface area contributed by atoms with E-state index < -0.39 is 5.97 Å². The van der Waals surface area contributed by atoms with Crippen LogP contribution in [0.4, 0.5) is 10.5 Å². The number of hydrogen-bond donors (Lipinski definition) is 2. The predicted molar refractivity (Wildman–Crippen MR) is 80.8 cm³/mol. The summed E-state index contributed by atoms with van der Waals surface area (Å²) in [6.45, 7) is 2.65. The Labute approximate surface area is 124 Å². The first kappa shape index (κ1) is 15.3. The summed E-state index contributed by atoms with van der Waals surface area (Å²) in [5.41, 5.74) is 0.516. The third kappa shape index (κ3) is 3.72. The first-order valence-electron chi connectivity index (χ1n) is 7.01. The Hall–Kier alpha value is -2.08. The van der Waals surface area contributed by atoms with E-state index in [0.29, 0.717) is 18.2 Å². The van der Waals surface area contributed by atoms with E-state index in [-0.39, 0.29) is 11.6 Å². The van der Waals surface area contributed by atoms with Gasteiger partial charge in [0, 0.05) is 20.1 Å². The Morgan fingerprint density at radius 3 is 2.76 bits per heavy atom. The van der Waals surface area contributed by atoms with Crippen molar-refractivity contribution < 1.29 is 14.7 Å². The van der Waals surface area contributed by atoms with Crippen LogP contribution in [0.25, 0.3) is 0 Å². The van der Waals surface area contributed by atoms with E-state index >= 15 is 0 Å². The Kier molecular flexibility index (Phi) is 4.80. The van der Waals surface area contributed by atoms with Crippen LogP contribution < -0.4 is 10.2 Å². The summed E-state index contributed by atoms with van der Waals surface area (Å²) in [6, 6.07) is 6.21. The van der Waals surface area contributed by atoms with Crippen molar-refractivity contribution in [2.24, 2.45) is 5.92 Å². The van der Waals surface area contributed by atoms with E-state index in [0.717, 1.165) is 19.5 Å². The number of anilines is 1. The van der Waals surface area contributed by atoms with Gasteiger partial charge in [-0.05, 0) is 38.1 Å². The lowest BCUT2D eigenvalue weighted by molar-refractivity contribution is 0.0697. The van der Waals surface area contributed by atoms with Gasteiger partial charge in [0.15, 0.2) is 0 Å². The minimum atomic E-state index is -1.04. The molecule has 1 unspecified atom stereocenters. The summed E-state index contributed by atoms with van der Waals surface area (Å²) in [6.07, 6.45) is 1.08. The molecule has 1 fully saturated rings. The fourth-order valence-electron chi connectivity index (χ4n) is 2.60. The Balaban J connectivity index is 1.98. The highest BCUT2D eigenvalue weighted by Crippen LogP contribution is 2.19. The molecule has 6 nitrogen and oxygen atoms in total. The maximum Gasteiger partial charge on any atom is 0.337 e. The molecule has 1 heterocycles. The van der Waals surface area contributed by atoms with Crippen LogP contribution in [0, 0.1) is 5.92 Å². The largest absolute Gasteiger partial charge is 0.478 e. The molecule has 1 saturated heterocycles. The van der Waals surface area contributed by atoms with Crippen LogP contribution >= 0.6 is 0 Å². The predicted octanol–water partition coefficient (Wildman–Crippen LogP) is 1.48. The van der Waals surface area contributed by atoms with Gasteiger partial charge in [-0.15, -0.1) is 0 Å². The van der Waals surface area contributed by atoms with Crippen LogP contribution in [0.3, 0.4) is 0 Å². The molecule has 0 bridgehead atoms. The molecule has 1 aromatic carbocycles. The summed E-state index contributed by atoms with van der Waals surface area (Å²) in [5, 5.41) is 12.0. The summed E-state index contributed by atoms with van der Waals surface area (Å²) in [4.78, 5) is 26.9. The number of carboxylic acid groups (broad SMARTS) is 1. The molecule has 2 N–H and O–H groups in total. The molecular formula is C15H21N3O3. The van der Waals surface area contributed by atoms with Gasteiger partial charge in [-0.3, -0.25) is 4.90 Å². The van der Waals surface area contributed by atoms with Gasteiger partial charge in [-0.25, -0.2) is 9.59 Å². The van der Waals surface area contributed by atoms with Gasteiger partial charge in [-0.1, -0.05) is 12.1 Å². The Morgan fingerprint density at radius 1 is 1.43 bits per heavy atom. The van der Waals surface area contributed by atoms with Crippen molar-refractivity contribution in [2.75, 3.05) is 38.6 Å². The van der Waals surface area contributed by atoms with E-state index in [1.807, 2.05) is 0 Å². The molecule has 1 aliphatic heterocycles. The highest BCUT2D eigenvalue weighted by atomic mass is 16.4. The highest BCUT2D eigenvalue weighted by Gasteiger charge is 2.22. The lowest BCUT2D eigenvalue weighted by Crippen LogP contribution is -2.40. The zero-order valence-corrected chi connectivity index (χ0v) is 12.4. The summed E-state index contributed by atoms with van der Waals surface area (Å²) >= 11 is 0. The average molecular weight is 291 g/mol. The minimum absolute atomic E-state index is 0.121. The second-order valence-electron chi connectivity index (χ2n) is 5.48. The van der Waals surface area contributed by atoms with Crippen molar-refractivity contribution in [2.45, 2.75) is 6.42 Å². The molecule has 0 saturated carbocycles. The number of carbonyl (C=O) groups excluding carboxylic acids is 1. The topological polar surface area (TPSA) is 72.9 Å². The molecule has 6 heteroatoms. The van der Waals surface area contributed by atoms with Crippen molar-refractivity contribution in [3.63, 3.8) is 0 Å². The molecule has 1 aromatic rings. The van der Waals surface area contributed by atoms with Crippen molar-refractivity contribution in [3.8, 4) is 0 Å². The van der Waals surface area contributed by atoms with Crippen molar-refractivity contribution in [1.82, 2.24) is 10.2 Å². The first-order chi connectivity index (χ1) is 9.99. The monoisotopic (exact) mass is 291 g/mol. The Morgan fingerprint density at radius 2 is 2.14 bits per heavy atom. The van der Waals surface area contributed by atoms with Crippen LogP contribution in [-0.4, -0.2) is 55.7 Å². The number of urea groups is 1. The number of aromatic carboxylic acids is 1. The number of amides is 2. The van der Waals surface area contributed by atoms with E-state index in [4.69, 9.17) is 5.11 Å². The fourth-order valence-corrected chi connectivity index (χ4v) is 2.60. The molecular weight excluding hydrogens is 270 g/mol. The summed E-state index contributed by atoms with van der Waals surface area (Å²) in [5.74, 6) is -0.579. The minimum Gasteiger partial charge on any atom is -0.478 e. The van der Waals surface area contributed by atoms with Gasteiger partial charge < -0.3 is 15.3 Å². The van der Waals surface area contributed by atoms with Crippen molar-refractivity contribution >= 4 is 17.7 Å². The van der Waals surface area contributed by atoms with Crippen LogP contribution in [0.1, 0.15) is 16.8 Å². The number of nitrogens with one attached hydrogen (secondary N) is 1. The van der Waals surface area contributed by atoms with E-state index in [1.54, 1.807) is 25.2 Å². The third-order valence-electron chi connectivity index (χ3n) is 3.83. The van der Waals surface area contributed by atoms with Crippen LogP contribution in [0.2, 0.25) is 0 Å². The molecule has 0 aliphatic carbocycles. The van der Waals surface area contributed by atoms with Crippen molar-refractivity contribution in [1.29, 1.82) is 0 Å². The van der Waals surface area contributed by atoms with Gasteiger partial charge in [0.25, 0.3) is 0 Å². The molecule has 2 amide bonds. The zero-order chi connectivity index (χ0) is 15.4. The SMILES string of the molecule is CN1CCC(CNC(=O)N(C)c2ccccc2C(=O)O)C1. The van der Waals surface area contributed by atoms with E-state index in [2.05, 4.69) is 17.3 Å². The smallest absolute Gasteiger partial charge is 0.337 e. The van der Waals surface area contributed by atoms with Gasteiger partial charge in [0.05, 0.1) is 11.3 Å². The van der Waals surface area contributed by atoms with Gasteiger partial charge in [-0.2, -0.15) is 0 Å². The Bertz CT molecular complexity index is 533. The number of nitrogens with zero attached hydrogens (tertiary/aromatic N) is 2. The number of para-hydroxylation sites is 1. The first-order valence-corrected chi connectivity index (χ1v) is 7.01. The molecule has 21 heavy (non-hydrogen) atoms. The second kappa shape index (κ2) is 6.58. The molecule has 1 aliphatic rings. The third-order valence-corrected chi connectivity index (χ3v) is 3.83. The number of carbonyl (C=O) groups is 2. The molecule has 114 valence electrons. The van der Waals surface area contributed by atoms with Gasteiger partial charge >= 0.3 is 12.0 Å². The lowest BCUT2D eigenvalue weighted by atomic mass is 10.1. The maximum atomic E-state index is 12.2. The van der Waals surface area contributed by atoms with Gasteiger partial charge in [0.2, 0.25) is 0 Å². The van der Waals surface area contributed by atoms with Crippen molar-refractivity contribution in [3.05, 3.63) is 29.8 Å². The molecule has 0 radical (unpaired) electrons. The number of rotatable bonds is 4. The van der Waals surface area contributed by atoms with Crippen LogP contribution in [0.5, 0.6) is 0 Å². The number of benzene rings is 1. The number of carboxylic acids is 1. The molecule has 0 spiro atoms. The van der Waals surface area contributed by atoms with Crippen LogP contribution in [0.15, 0.2) is 24.3 Å². The molecule has 2 rings (SSSR count). The summed E-state index contributed by atoms with van der Waals surface area (Å²) < 4.78 is 0.